The monoisotopic (exact) mass is 441 g/mol. The zero-order valence-corrected chi connectivity index (χ0v) is 17.9. The number of aryl methyl sites for hydroxylation is 1. The summed E-state index contributed by atoms with van der Waals surface area (Å²) in [4.78, 5) is 51.6. The molecule has 162 valence electrons. The van der Waals surface area contributed by atoms with Crippen LogP contribution < -0.4 is 10.0 Å². The van der Waals surface area contributed by atoms with E-state index in [9.17, 15) is 24.3 Å². The number of carboxylic acids is 1. The number of carbonyl (C=O) groups is 4. The summed E-state index contributed by atoms with van der Waals surface area (Å²) >= 11 is 0.806. The molecule has 1 aliphatic heterocycles. The Balaban J connectivity index is 1.85. The summed E-state index contributed by atoms with van der Waals surface area (Å²) in [7, 11) is 0. The Morgan fingerprint density at radius 3 is 2.52 bits per heavy atom. The van der Waals surface area contributed by atoms with E-state index < -0.39 is 28.5 Å². The second kappa shape index (κ2) is 9.65. The minimum Gasteiger partial charge on any atom is -0.545 e. The van der Waals surface area contributed by atoms with Crippen molar-refractivity contribution >= 4 is 40.5 Å². The summed E-state index contributed by atoms with van der Waals surface area (Å²) in [6.45, 7) is 3.54. The van der Waals surface area contributed by atoms with E-state index in [0.29, 0.717) is 11.3 Å². The first kappa shape index (κ1) is 22.4. The topological polar surface area (TPSA) is 107 Å². The van der Waals surface area contributed by atoms with Gasteiger partial charge in [-0.1, -0.05) is 35.9 Å². The average molecular weight is 441 g/mol. The highest BCUT2D eigenvalue weighted by molar-refractivity contribution is 8.15. The van der Waals surface area contributed by atoms with Crippen LogP contribution in [0.2, 0.25) is 0 Å². The molecule has 0 saturated carbocycles. The molecule has 2 aromatic rings. The minimum atomic E-state index is -1.34. The van der Waals surface area contributed by atoms with Crippen LogP contribution in [0.4, 0.5) is 10.5 Å². The lowest BCUT2D eigenvalue weighted by molar-refractivity contribution is -0.255. The van der Waals surface area contributed by atoms with E-state index in [4.69, 9.17) is 4.74 Å². The van der Waals surface area contributed by atoms with E-state index in [1.165, 1.54) is 18.2 Å². The summed E-state index contributed by atoms with van der Waals surface area (Å²) < 4.78 is 5.04. The lowest BCUT2D eigenvalue weighted by Crippen LogP contribution is -2.44. The van der Waals surface area contributed by atoms with Crippen LogP contribution in [0, 0.1) is 6.92 Å². The van der Waals surface area contributed by atoms with Gasteiger partial charge in [-0.3, -0.25) is 19.3 Å². The lowest BCUT2D eigenvalue weighted by Gasteiger charge is -2.28. The van der Waals surface area contributed by atoms with Crippen molar-refractivity contribution in [3.05, 3.63) is 65.2 Å². The van der Waals surface area contributed by atoms with Gasteiger partial charge < -0.3 is 19.5 Å². The van der Waals surface area contributed by atoms with Crippen LogP contribution in [0.1, 0.15) is 28.4 Å². The number of hydrogen-bond donors (Lipinski definition) is 0. The maximum absolute atomic E-state index is 13.1. The number of aromatic carboxylic acids is 1. The molecule has 3 rings (SSSR count). The van der Waals surface area contributed by atoms with Gasteiger partial charge in [0.25, 0.3) is 11.1 Å². The van der Waals surface area contributed by atoms with Gasteiger partial charge in [-0.2, -0.15) is 0 Å². The zero-order chi connectivity index (χ0) is 22.5. The molecular formula is C22H21N2O6S-. The Kier molecular flexibility index (Phi) is 6.96. The largest absolute Gasteiger partial charge is 0.545 e. The molecule has 1 saturated heterocycles. The lowest BCUT2D eigenvalue weighted by atomic mass is 10.1. The summed E-state index contributed by atoms with van der Waals surface area (Å²) in [5.41, 5.74) is 2.06. The number of rotatable bonds is 8. The number of anilines is 1. The Bertz CT molecular complexity index is 1010. The van der Waals surface area contributed by atoms with Gasteiger partial charge in [0.1, 0.15) is 6.54 Å². The molecule has 1 heterocycles. The predicted octanol–water partition coefficient (Wildman–Crippen LogP) is 1.95. The number of thioether (sulfide) groups is 1. The number of ether oxygens (including phenoxy) is 1. The summed E-state index contributed by atoms with van der Waals surface area (Å²) in [5, 5.41) is 9.67. The Hall–Kier alpha value is -3.33. The van der Waals surface area contributed by atoms with Crippen LogP contribution in [0.15, 0.2) is 48.5 Å². The number of carboxylic acid groups (broad SMARTS) is 1. The van der Waals surface area contributed by atoms with Crippen molar-refractivity contribution < 1.29 is 29.0 Å². The minimum absolute atomic E-state index is 0.0376. The first-order valence-electron chi connectivity index (χ1n) is 9.61. The molecule has 0 aliphatic carbocycles. The number of nitrogens with zero attached hydrogens (tertiary/aromatic N) is 2. The summed E-state index contributed by atoms with van der Waals surface area (Å²) in [6.07, 6.45) is 0. The molecule has 1 atom stereocenters. The van der Waals surface area contributed by atoms with Crippen molar-refractivity contribution in [2.24, 2.45) is 0 Å². The fourth-order valence-electron chi connectivity index (χ4n) is 3.14. The molecule has 2 aromatic carbocycles. The van der Waals surface area contributed by atoms with E-state index in [2.05, 4.69) is 0 Å². The Morgan fingerprint density at radius 2 is 1.87 bits per heavy atom. The van der Waals surface area contributed by atoms with Crippen LogP contribution in [-0.2, 0) is 20.9 Å². The maximum atomic E-state index is 13.1. The van der Waals surface area contributed by atoms with Crippen molar-refractivity contribution in [3.63, 3.8) is 0 Å². The number of imide groups is 1. The molecule has 31 heavy (non-hydrogen) atoms. The fourth-order valence-corrected chi connectivity index (χ4v) is 4.17. The molecule has 0 spiro atoms. The number of hydrogen-bond acceptors (Lipinski definition) is 8. The maximum Gasteiger partial charge on any atom is 0.325 e. The first-order chi connectivity index (χ1) is 14.8. The van der Waals surface area contributed by atoms with Crippen molar-refractivity contribution in [2.45, 2.75) is 25.8 Å². The summed E-state index contributed by atoms with van der Waals surface area (Å²) in [5.74, 6) is -2.34. The third kappa shape index (κ3) is 5.24. The molecule has 1 aliphatic rings. The number of esters is 1. The van der Waals surface area contributed by atoms with Crippen molar-refractivity contribution in [2.75, 3.05) is 18.1 Å². The molecule has 1 fully saturated rings. The highest BCUT2D eigenvalue weighted by atomic mass is 32.2. The molecule has 2 amide bonds. The second-order valence-corrected chi connectivity index (χ2v) is 7.95. The van der Waals surface area contributed by atoms with Crippen LogP contribution in [0.25, 0.3) is 0 Å². The highest BCUT2D eigenvalue weighted by Gasteiger charge is 2.43. The fraction of sp³-hybridized carbons (Fsp3) is 0.273. The van der Waals surface area contributed by atoms with E-state index in [1.807, 2.05) is 19.1 Å². The third-order valence-electron chi connectivity index (χ3n) is 4.67. The van der Waals surface area contributed by atoms with Gasteiger partial charge in [0, 0.05) is 5.69 Å². The molecule has 0 bridgehead atoms. The average Bonchev–Trinajstić information content (AvgIpc) is 3.01. The van der Waals surface area contributed by atoms with E-state index in [1.54, 1.807) is 30.0 Å². The second-order valence-electron chi connectivity index (χ2n) is 6.92. The molecular weight excluding hydrogens is 420 g/mol. The van der Waals surface area contributed by atoms with Gasteiger partial charge in [-0.25, -0.2) is 0 Å². The van der Waals surface area contributed by atoms with Gasteiger partial charge in [-0.05, 0) is 54.9 Å². The van der Waals surface area contributed by atoms with E-state index in [-0.39, 0.29) is 25.3 Å². The van der Waals surface area contributed by atoms with Gasteiger partial charge in [-0.15, -0.1) is 0 Å². The van der Waals surface area contributed by atoms with Crippen LogP contribution in [0.3, 0.4) is 0 Å². The summed E-state index contributed by atoms with van der Waals surface area (Å²) in [6, 6.07) is 13.1. The predicted molar refractivity (Wildman–Crippen MR) is 113 cm³/mol. The standard InChI is InChI=1S/C22H22N2O6S/c1-3-30-18(25)13-23(17-9-7-14(2)8-10-17)20-19(26)24(22(29)31-20)12-15-5-4-6-16(11-15)21(27)28/h4-11,20H,3,12-13H2,1-2H3,(H,27,28)/p-1/t20-/m0/s1. The molecule has 9 heteroatoms. The Morgan fingerprint density at radius 1 is 1.16 bits per heavy atom. The SMILES string of the molecule is CCOC(=O)CN(c1ccc(C)cc1)[C@H]1SC(=O)N(Cc2cccc(C(=O)[O-])c2)C1=O. The first-order valence-corrected chi connectivity index (χ1v) is 10.5. The Labute approximate surface area is 183 Å². The molecule has 0 unspecified atom stereocenters. The number of benzene rings is 2. The normalized spacial score (nSPS) is 15.8. The van der Waals surface area contributed by atoms with Gasteiger partial charge in [0.05, 0.1) is 19.1 Å². The van der Waals surface area contributed by atoms with Gasteiger partial charge >= 0.3 is 5.97 Å². The zero-order valence-electron chi connectivity index (χ0n) is 17.1. The molecule has 8 nitrogen and oxygen atoms in total. The van der Waals surface area contributed by atoms with E-state index >= 15 is 0 Å². The van der Waals surface area contributed by atoms with Crippen molar-refractivity contribution in [1.82, 2.24) is 4.90 Å². The quantitative estimate of drug-likeness (QED) is 0.572. The van der Waals surface area contributed by atoms with Gasteiger partial charge in [0.15, 0.2) is 5.37 Å². The van der Waals surface area contributed by atoms with Crippen LogP contribution >= 0.6 is 11.8 Å². The van der Waals surface area contributed by atoms with Crippen molar-refractivity contribution in [1.29, 1.82) is 0 Å². The number of amides is 2. The smallest absolute Gasteiger partial charge is 0.325 e. The number of carbonyl (C=O) groups excluding carboxylic acids is 4. The van der Waals surface area contributed by atoms with Gasteiger partial charge in [0.2, 0.25) is 0 Å². The van der Waals surface area contributed by atoms with Crippen molar-refractivity contribution in [3.8, 4) is 0 Å². The highest BCUT2D eigenvalue weighted by Crippen LogP contribution is 2.34. The molecule has 0 aromatic heterocycles. The van der Waals surface area contributed by atoms with Crippen LogP contribution in [0.5, 0.6) is 0 Å². The van der Waals surface area contributed by atoms with Crippen LogP contribution in [-0.4, -0.2) is 46.5 Å². The molecule has 0 radical (unpaired) electrons. The van der Waals surface area contributed by atoms with E-state index in [0.717, 1.165) is 22.2 Å². The molecule has 0 N–H and O–H groups in total. The third-order valence-corrected chi connectivity index (χ3v) is 5.77.